The second-order valence-electron chi connectivity index (χ2n) is 6.77. The van der Waals surface area contributed by atoms with E-state index < -0.39 is 0 Å². The highest BCUT2D eigenvalue weighted by Crippen LogP contribution is 2.08. The standard InChI is InChI=1S/C18H35ClN6O/c1-8-13(2)12-25(7)17(15(19)21-4)23-16(20)14(3)18(26)22-10-9-11-24(5)6/h13H,8-12,20H2,1-7H3,(H,22,26)/b16-14+,21-15?,23-17+. The van der Waals surface area contributed by atoms with Crippen molar-refractivity contribution in [1.29, 1.82) is 0 Å². The third-order valence-electron chi connectivity index (χ3n) is 4.04. The summed E-state index contributed by atoms with van der Waals surface area (Å²) in [6.07, 6.45) is 1.91. The largest absolute Gasteiger partial charge is 0.383 e. The lowest BCUT2D eigenvalue weighted by molar-refractivity contribution is -0.117. The zero-order valence-electron chi connectivity index (χ0n) is 17.3. The molecule has 1 unspecified atom stereocenters. The van der Waals surface area contributed by atoms with Gasteiger partial charge in [-0.1, -0.05) is 31.9 Å². The maximum Gasteiger partial charge on any atom is 0.250 e. The molecule has 0 fully saturated rings. The van der Waals surface area contributed by atoms with Crippen molar-refractivity contribution < 1.29 is 4.79 Å². The van der Waals surface area contributed by atoms with Crippen LogP contribution < -0.4 is 11.1 Å². The van der Waals surface area contributed by atoms with E-state index in [0.717, 1.165) is 25.9 Å². The van der Waals surface area contributed by atoms with Gasteiger partial charge in [-0.3, -0.25) is 9.79 Å². The maximum atomic E-state index is 12.2. The normalized spacial score (nSPS) is 15.0. The van der Waals surface area contributed by atoms with Gasteiger partial charge in [0, 0.05) is 27.2 Å². The Kier molecular flexibility index (Phi) is 11.9. The van der Waals surface area contributed by atoms with Crippen LogP contribution in [0.15, 0.2) is 21.4 Å². The number of nitrogens with one attached hydrogen (secondary N) is 1. The fourth-order valence-electron chi connectivity index (χ4n) is 2.12. The third kappa shape index (κ3) is 9.20. The van der Waals surface area contributed by atoms with Gasteiger partial charge in [0.1, 0.15) is 5.82 Å². The molecule has 0 aliphatic rings. The van der Waals surface area contributed by atoms with E-state index in [2.05, 4.69) is 34.0 Å². The Labute approximate surface area is 163 Å². The number of amidine groups is 1. The molecule has 7 nitrogen and oxygen atoms in total. The first-order chi connectivity index (χ1) is 12.1. The van der Waals surface area contributed by atoms with E-state index in [-0.39, 0.29) is 16.9 Å². The summed E-state index contributed by atoms with van der Waals surface area (Å²) in [5.74, 6) is 0.853. The van der Waals surface area contributed by atoms with Crippen molar-refractivity contribution in [2.75, 3.05) is 47.8 Å². The van der Waals surface area contributed by atoms with Gasteiger partial charge < -0.3 is 20.9 Å². The highest BCUT2D eigenvalue weighted by atomic mass is 35.5. The Hall–Kier alpha value is -1.60. The van der Waals surface area contributed by atoms with Gasteiger partial charge in [-0.15, -0.1) is 0 Å². The van der Waals surface area contributed by atoms with Crippen LogP contribution in [0.4, 0.5) is 0 Å². The van der Waals surface area contributed by atoms with Crippen LogP contribution in [0.5, 0.6) is 0 Å². The van der Waals surface area contributed by atoms with Crippen LogP contribution in [0, 0.1) is 5.92 Å². The van der Waals surface area contributed by atoms with Gasteiger partial charge in [-0.05, 0) is 39.9 Å². The Morgan fingerprint density at radius 2 is 1.92 bits per heavy atom. The molecular formula is C18H35ClN6O. The number of carbonyl (C=O) groups is 1. The molecule has 0 rings (SSSR count). The fraction of sp³-hybridized carbons (Fsp3) is 0.722. The molecule has 0 heterocycles. The summed E-state index contributed by atoms with van der Waals surface area (Å²) in [6, 6.07) is 0. The SMILES string of the molecule is CCC(C)CN(C)/C(=N/C(N)=C(\C)C(=O)NCCCN(C)C)C(Cl)=NC. The second-order valence-corrected chi connectivity index (χ2v) is 7.12. The minimum absolute atomic E-state index is 0.142. The molecule has 3 N–H and O–H groups in total. The van der Waals surface area contributed by atoms with Gasteiger partial charge >= 0.3 is 0 Å². The summed E-state index contributed by atoms with van der Waals surface area (Å²) in [5, 5.41) is 3.12. The zero-order valence-corrected chi connectivity index (χ0v) is 18.0. The van der Waals surface area contributed by atoms with E-state index in [1.807, 2.05) is 26.0 Å². The molecular weight excluding hydrogens is 352 g/mol. The summed E-state index contributed by atoms with van der Waals surface area (Å²) in [7, 11) is 7.48. The molecule has 0 saturated heterocycles. The van der Waals surface area contributed by atoms with Gasteiger partial charge in [0.15, 0.2) is 11.0 Å². The minimum Gasteiger partial charge on any atom is -0.383 e. The Morgan fingerprint density at radius 3 is 2.42 bits per heavy atom. The van der Waals surface area contributed by atoms with Crippen LogP contribution in [-0.4, -0.2) is 74.5 Å². The van der Waals surface area contributed by atoms with Crippen LogP contribution in [-0.2, 0) is 4.79 Å². The molecule has 8 heteroatoms. The quantitative estimate of drug-likeness (QED) is 0.260. The summed E-state index contributed by atoms with van der Waals surface area (Å²) in [6.45, 7) is 8.20. The number of hydrogen-bond acceptors (Lipinski definition) is 5. The van der Waals surface area contributed by atoms with Crippen molar-refractivity contribution in [3.63, 3.8) is 0 Å². The van der Waals surface area contributed by atoms with Crippen molar-refractivity contribution >= 4 is 28.5 Å². The van der Waals surface area contributed by atoms with Gasteiger partial charge in [0.25, 0.3) is 5.91 Å². The number of rotatable bonds is 10. The highest BCUT2D eigenvalue weighted by Gasteiger charge is 2.16. The first-order valence-electron chi connectivity index (χ1n) is 8.95. The molecule has 0 aliphatic carbocycles. The van der Waals surface area contributed by atoms with E-state index in [4.69, 9.17) is 17.3 Å². The number of halogens is 1. The average molecular weight is 387 g/mol. The van der Waals surface area contributed by atoms with E-state index in [0.29, 0.717) is 23.9 Å². The van der Waals surface area contributed by atoms with Gasteiger partial charge in [-0.2, -0.15) is 0 Å². The number of carbonyl (C=O) groups excluding carboxylic acids is 1. The van der Waals surface area contributed by atoms with E-state index in [9.17, 15) is 4.79 Å². The molecule has 0 aromatic rings. The molecule has 1 amide bonds. The average Bonchev–Trinajstić information content (AvgIpc) is 2.60. The van der Waals surface area contributed by atoms with Crippen molar-refractivity contribution in [1.82, 2.24) is 15.1 Å². The van der Waals surface area contributed by atoms with Crippen LogP contribution in [0.3, 0.4) is 0 Å². The smallest absolute Gasteiger partial charge is 0.250 e. The number of hydrogen-bond donors (Lipinski definition) is 2. The number of nitrogens with zero attached hydrogens (tertiary/aromatic N) is 4. The number of aliphatic imine (C=N–C) groups is 2. The Balaban J connectivity index is 5.23. The van der Waals surface area contributed by atoms with Crippen LogP contribution in [0.2, 0.25) is 0 Å². The van der Waals surface area contributed by atoms with Crippen molar-refractivity contribution in [3.05, 3.63) is 11.4 Å². The van der Waals surface area contributed by atoms with E-state index in [1.54, 1.807) is 14.0 Å². The first-order valence-corrected chi connectivity index (χ1v) is 9.33. The Morgan fingerprint density at radius 1 is 1.31 bits per heavy atom. The van der Waals surface area contributed by atoms with Crippen LogP contribution in [0.1, 0.15) is 33.6 Å². The van der Waals surface area contributed by atoms with Crippen LogP contribution >= 0.6 is 11.6 Å². The Bertz CT molecular complexity index is 542. The monoisotopic (exact) mass is 386 g/mol. The van der Waals surface area contributed by atoms with Gasteiger partial charge in [0.2, 0.25) is 0 Å². The molecule has 1 atom stereocenters. The maximum absolute atomic E-state index is 12.2. The molecule has 0 bridgehead atoms. The van der Waals surface area contributed by atoms with Gasteiger partial charge in [0.05, 0.1) is 5.57 Å². The van der Waals surface area contributed by atoms with Crippen molar-refractivity contribution in [3.8, 4) is 0 Å². The highest BCUT2D eigenvalue weighted by molar-refractivity contribution is 6.83. The van der Waals surface area contributed by atoms with Crippen molar-refractivity contribution in [2.45, 2.75) is 33.6 Å². The summed E-state index contributed by atoms with van der Waals surface area (Å²) >= 11 is 6.21. The van der Waals surface area contributed by atoms with Crippen LogP contribution in [0.25, 0.3) is 0 Å². The fourth-order valence-corrected chi connectivity index (χ4v) is 2.30. The summed E-state index contributed by atoms with van der Waals surface area (Å²) in [4.78, 5) is 24.6. The molecule has 0 aromatic carbocycles. The molecule has 0 aliphatic heterocycles. The third-order valence-corrected chi connectivity index (χ3v) is 4.38. The summed E-state index contributed by atoms with van der Waals surface area (Å²) in [5.41, 5.74) is 6.41. The van der Waals surface area contributed by atoms with Crippen molar-refractivity contribution in [2.24, 2.45) is 21.6 Å². The first kappa shape index (κ1) is 24.4. The second kappa shape index (κ2) is 12.7. The lowest BCUT2D eigenvalue weighted by Crippen LogP contribution is -2.35. The lowest BCUT2D eigenvalue weighted by Gasteiger charge is -2.23. The molecule has 0 aromatic heterocycles. The lowest BCUT2D eigenvalue weighted by atomic mass is 10.1. The number of amides is 1. The predicted molar refractivity (Wildman–Crippen MR) is 112 cm³/mol. The van der Waals surface area contributed by atoms with Gasteiger partial charge in [-0.25, -0.2) is 4.99 Å². The van der Waals surface area contributed by atoms with E-state index >= 15 is 0 Å². The summed E-state index contributed by atoms with van der Waals surface area (Å²) < 4.78 is 0. The molecule has 0 radical (unpaired) electrons. The topological polar surface area (TPSA) is 86.3 Å². The molecule has 0 spiro atoms. The molecule has 150 valence electrons. The minimum atomic E-state index is -0.224. The molecule has 0 saturated carbocycles. The number of nitrogens with two attached hydrogens (primary N) is 1. The molecule has 26 heavy (non-hydrogen) atoms. The predicted octanol–water partition coefficient (Wildman–Crippen LogP) is 1.89. The van der Waals surface area contributed by atoms with E-state index in [1.165, 1.54) is 0 Å². The zero-order chi connectivity index (χ0) is 20.3.